The normalized spacial score (nSPS) is 35.3. The van der Waals surface area contributed by atoms with Gasteiger partial charge >= 0.3 is 5.97 Å². The molecule has 1 aromatic rings. The Morgan fingerprint density at radius 1 is 1.29 bits per heavy atom. The predicted octanol–water partition coefficient (Wildman–Crippen LogP) is 0.759. The number of benzene rings is 1. The second kappa shape index (κ2) is 3.26. The number of carboxylic acid groups (broad SMARTS) is 1. The van der Waals surface area contributed by atoms with Gasteiger partial charge in [-0.25, -0.2) is 8.78 Å². The van der Waals surface area contributed by atoms with Crippen LogP contribution in [-0.4, -0.2) is 23.2 Å². The van der Waals surface area contributed by atoms with Crippen LogP contribution in [0.5, 0.6) is 0 Å². The molecule has 1 amide bonds. The van der Waals surface area contributed by atoms with Gasteiger partial charge in [0, 0.05) is 0 Å². The fourth-order valence-electron chi connectivity index (χ4n) is 2.12. The molecule has 0 radical (unpaired) electrons. The molecule has 1 aliphatic rings. The van der Waals surface area contributed by atoms with E-state index in [1.165, 1.54) is 24.3 Å². The molecule has 0 aliphatic heterocycles. The molecule has 3 atom stereocenters. The van der Waals surface area contributed by atoms with Crippen molar-refractivity contribution >= 4 is 11.9 Å². The highest BCUT2D eigenvalue weighted by Crippen LogP contribution is 2.67. The monoisotopic (exact) mass is 241 g/mol. The number of halogens is 2. The highest BCUT2D eigenvalue weighted by atomic mass is 19.2. The van der Waals surface area contributed by atoms with Crippen LogP contribution < -0.4 is 5.73 Å². The molecule has 0 spiro atoms. The lowest BCUT2D eigenvalue weighted by Gasteiger charge is -2.11. The molecule has 1 aromatic carbocycles. The largest absolute Gasteiger partial charge is 0.480 e. The van der Waals surface area contributed by atoms with Crippen molar-refractivity contribution in [2.45, 2.75) is 11.8 Å². The van der Waals surface area contributed by atoms with Crippen LogP contribution in [0.3, 0.4) is 0 Å². The first-order valence-corrected chi connectivity index (χ1v) is 4.82. The van der Waals surface area contributed by atoms with E-state index in [1.54, 1.807) is 6.07 Å². The zero-order valence-corrected chi connectivity index (χ0v) is 8.56. The second-order valence-electron chi connectivity index (χ2n) is 3.92. The maximum absolute atomic E-state index is 14.4. The maximum Gasteiger partial charge on any atom is 0.326 e. The van der Waals surface area contributed by atoms with Gasteiger partial charge in [-0.2, -0.15) is 0 Å². The quantitative estimate of drug-likeness (QED) is 0.766. The number of amides is 1. The summed E-state index contributed by atoms with van der Waals surface area (Å²) in [5.41, 5.74) is -1.06. The van der Waals surface area contributed by atoms with Gasteiger partial charge in [0.05, 0.1) is 0 Å². The molecule has 1 aliphatic carbocycles. The van der Waals surface area contributed by atoms with Crippen LogP contribution >= 0.6 is 0 Å². The standard InChI is InChI=1S/C11H9F2NO3/c12-7-10(8(14)15,9(16)17)11(7,13)6-4-2-1-3-5-6/h1-5,7H,(H2,14,15)(H,16,17). The third kappa shape index (κ3) is 1.09. The molecule has 17 heavy (non-hydrogen) atoms. The lowest BCUT2D eigenvalue weighted by Crippen LogP contribution is -2.38. The molecule has 6 heteroatoms. The van der Waals surface area contributed by atoms with E-state index in [9.17, 15) is 18.4 Å². The van der Waals surface area contributed by atoms with Gasteiger partial charge in [-0.05, 0) is 5.56 Å². The summed E-state index contributed by atoms with van der Waals surface area (Å²) < 4.78 is 28.0. The molecular formula is C11H9F2NO3. The minimum Gasteiger partial charge on any atom is -0.480 e. The minimum absolute atomic E-state index is 0.200. The number of hydrogen-bond acceptors (Lipinski definition) is 2. The Hall–Kier alpha value is -1.98. The first kappa shape index (κ1) is 11.5. The number of carbonyl (C=O) groups is 2. The Morgan fingerprint density at radius 3 is 2.18 bits per heavy atom. The van der Waals surface area contributed by atoms with Gasteiger partial charge in [-0.15, -0.1) is 0 Å². The van der Waals surface area contributed by atoms with Crippen LogP contribution in [0.1, 0.15) is 5.56 Å². The summed E-state index contributed by atoms with van der Waals surface area (Å²) in [6.07, 6.45) is -2.47. The summed E-state index contributed by atoms with van der Waals surface area (Å²) in [5, 5.41) is 8.86. The molecule has 0 heterocycles. The fraction of sp³-hybridized carbons (Fsp3) is 0.273. The van der Waals surface area contributed by atoms with E-state index in [-0.39, 0.29) is 5.56 Å². The van der Waals surface area contributed by atoms with Crippen molar-refractivity contribution in [3.8, 4) is 0 Å². The molecule has 3 unspecified atom stereocenters. The summed E-state index contributed by atoms with van der Waals surface area (Å²) >= 11 is 0. The topological polar surface area (TPSA) is 80.4 Å². The third-order valence-electron chi connectivity index (χ3n) is 3.14. The van der Waals surface area contributed by atoms with Gasteiger partial charge in [0.2, 0.25) is 11.3 Å². The van der Waals surface area contributed by atoms with Gasteiger partial charge in [-0.3, -0.25) is 9.59 Å². The number of carboxylic acids is 1. The molecule has 3 N–H and O–H groups in total. The van der Waals surface area contributed by atoms with Crippen LogP contribution in [0.4, 0.5) is 8.78 Å². The Morgan fingerprint density at radius 2 is 1.82 bits per heavy atom. The van der Waals surface area contributed by atoms with Crippen molar-refractivity contribution in [2.75, 3.05) is 0 Å². The van der Waals surface area contributed by atoms with Crippen molar-refractivity contribution in [3.05, 3.63) is 35.9 Å². The smallest absolute Gasteiger partial charge is 0.326 e. The number of rotatable bonds is 3. The van der Waals surface area contributed by atoms with Gasteiger partial charge < -0.3 is 10.8 Å². The zero-order chi connectivity index (χ0) is 12.8. The molecule has 1 saturated carbocycles. The van der Waals surface area contributed by atoms with Crippen LogP contribution in [0.2, 0.25) is 0 Å². The third-order valence-corrected chi connectivity index (χ3v) is 3.14. The molecule has 0 saturated heterocycles. The summed E-state index contributed by atoms with van der Waals surface area (Å²) in [7, 11) is 0. The van der Waals surface area contributed by atoms with E-state index in [4.69, 9.17) is 10.8 Å². The van der Waals surface area contributed by atoms with Crippen molar-refractivity contribution in [1.29, 1.82) is 0 Å². The zero-order valence-electron chi connectivity index (χ0n) is 8.56. The average Bonchev–Trinajstić information content (AvgIpc) is 2.80. The number of alkyl halides is 2. The van der Waals surface area contributed by atoms with Crippen LogP contribution in [0.25, 0.3) is 0 Å². The molecule has 90 valence electrons. The van der Waals surface area contributed by atoms with E-state index >= 15 is 0 Å². The average molecular weight is 241 g/mol. The lowest BCUT2D eigenvalue weighted by atomic mass is 9.96. The Bertz CT molecular complexity index is 477. The van der Waals surface area contributed by atoms with E-state index in [0.717, 1.165) is 0 Å². The summed E-state index contributed by atoms with van der Waals surface area (Å²) in [5.74, 6) is -3.40. The first-order valence-electron chi connectivity index (χ1n) is 4.82. The van der Waals surface area contributed by atoms with Crippen molar-refractivity contribution < 1.29 is 23.5 Å². The van der Waals surface area contributed by atoms with Gasteiger partial charge in [-0.1, -0.05) is 30.3 Å². The number of aliphatic carboxylic acids is 1. The van der Waals surface area contributed by atoms with Gasteiger partial charge in [0.25, 0.3) is 0 Å². The fourth-order valence-corrected chi connectivity index (χ4v) is 2.12. The van der Waals surface area contributed by atoms with E-state index < -0.39 is 29.1 Å². The number of carbonyl (C=O) groups excluding carboxylic acids is 1. The van der Waals surface area contributed by atoms with Crippen LogP contribution in [0, 0.1) is 5.41 Å². The van der Waals surface area contributed by atoms with Crippen molar-refractivity contribution in [3.63, 3.8) is 0 Å². The number of primary amides is 1. The molecule has 0 aromatic heterocycles. The predicted molar refractivity (Wildman–Crippen MR) is 53.4 cm³/mol. The summed E-state index contributed by atoms with van der Waals surface area (Å²) in [6, 6.07) is 6.86. The Kier molecular flexibility index (Phi) is 2.20. The molecule has 2 rings (SSSR count). The van der Waals surface area contributed by atoms with E-state index in [1.807, 2.05) is 0 Å². The minimum atomic E-state index is -2.88. The molecule has 0 bridgehead atoms. The molecule has 4 nitrogen and oxygen atoms in total. The Labute approximate surface area is 95.0 Å². The number of hydrogen-bond donors (Lipinski definition) is 2. The highest BCUT2D eigenvalue weighted by Gasteiger charge is 2.89. The van der Waals surface area contributed by atoms with E-state index in [0.29, 0.717) is 0 Å². The van der Waals surface area contributed by atoms with Crippen molar-refractivity contribution in [1.82, 2.24) is 0 Å². The molecule has 1 fully saturated rings. The first-order chi connectivity index (χ1) is 7.90. The summed E-state index contributed by atoms with van der Waals surface area (Å²) in [4.78, 5) is 22.0. The summed E-state index contributed by atoms with van der Waals surface area (Å²) in [6.45, 7) is 0. The van der Waals surface area contributed by atoms with Crippen LogP contribution in [-0.2, 0) is 15.3 Å². The van der Waals surface area contributed by atoms with Crippen molar-refractivity contribution in [2.24, 2.45) is 11.1 Å². The highest BCUT2D eigenvalue weighted by molar-refractivity contribution is 6.08. The molecular weight excluding hydrogens is 232 g/mol. The maximum atomic E-state index is 14.4. The van der Waals surface area contributed by atoms with Gasteiger partial charge in [0.15, 0.2) is 11.8 Å². The van der Waals surface area contributed by atoms with Crippen LogP contribution in [0.15, 0.2) is 30.3 Å². The SMILES string of the molecule is NC(=O)C1(C(=O)O)C(F)C1(F)c1ccccc1. The second-order valence-corrected chi connectivity index (χ2v) is 3.92. The van der Waals surface area contributed by atoms with E-state index in [2.05, 4.69) is 0 Å². The number of nitrogens with two attached hydrogens (primary N) is 1. The Balaban J connectivity index is 2.56. The lowest BCUT2D eigenvalue weighted by molar-refractivity contribution is -0.151. The van der Waals surface area contributed by atoms with Gasteiger partial charge in [0.1, 0.15) is 0 Å².